The van der Waals surface area contributed by atoms with Crippen LogP contribution in [-0.2, 0) is 0 Å². The van der Waals surface area contributed by atoms with Crippen molar-refractivity contribution in [2.45, 2.75) is 33.2 Å². The third-order valence-electron chi connectivity index (χ3n) is 3.28. The van der Waals surface area contributed by atoms with Gasteiger partial charge in [-0.15, -0.1) is 0 Å². The Balaban J connectivity index is 2.27. The number of hydrogen-bond acceptors (Lipinski definition) is 2. The van der Waals surface area contributed by atoms with Gasteiger partial charge in [-0.3, -0.25) is 9.59 Å². The van der Waals surface area contributed by atoms with Gasteiger partial charge < -0.3 is 10.6 Å². The number of carbonyl (C=O) groups excluding carboxylic acids is 2. The second-order valence-electron chi connectivity index (χ2n) is 6.69. The van der Waals surface area contributed by atoms with Gasteiger partial charge in [-0.25, -0.2) is 0 Å². The number of para-hydroxylation sites is 1. The molecule has 24 heavy (non-hydrogen) atoms. The Kier molecular flexibility index (Phi) is 5.64. The molecule has 0 radical (unpaired) electrons. The quantitative estimate of drug-likeness (QED) is 0.702. The molecule has 0 fully saturated rings. The third-order valence-corrected chi connectivity index (χ3v) is 4.17. The lowest BCUT2D eigenvalue weighted by molar-refractivity contribution is 0.0920. The van der Waals surface area contributed by atoms with Gasteiger partial charge in [0.15, 0.2) is 0 Å². The van der Waals surface area contributed by atoms with E-state index in [2.05, 4.69) is 33.2 Å². The van der Waals surface area contributed by atoms with Crippen molar-refractivity contribution in [3.8, 4) is 0 Å². The molecule has 0 atom stereocenters. The van der Waals surface area contributed by atoms with Crippen molar-refractivity contribution in [2.75, 3.05) is 5.32 Å². The maximum absolute atomic E-state index is 12.6. The summed E-state index contributed by atoms with van der Waals surface area (Å²) in [5.74, 6) is -0.438. The zero-order valence-corrected chi connectivity index (χ0v) is 16.4. The van der Waals surface area contributed by atoms with E-state index in [9.17, 15) is 9.59 Å². The zero-order valence-electron chi connectivity index (χ0n) is 14.2. The van der Waals surface area contributed by atoms with E-state index in [1.807, 2.05) is 39.8 Å². The van der Waals surface area contributed by atoms with Crippen LogP contribution in [0.1, 0.15) is 47.1 Å². The van der Waals surface area contributed by atoms with Gasteiger partial charge in [0.05, 0.1) is 16.8 Å². The van der Waals surface area contributed by atoms with Gasteiger partial charge in [0.25, 0.3) is 11.8 Å². The first-order valence-electron chi connectivity index (χ1n) is 7.66. The number of aryl methyl sites for hydroxylation is 1. The van der Waals surface area contributed by atoms with Crippen molar-refractivity contribution in [3.05, 3.63) is 62.7 Å². The fraction of sp³-hybridized carbons (Fsp3) is 0.263. The highest BCUT2D eigenvalue weighted by Crippen LogP contribution is 2.20. The molecular formula is C19H21IN2O2. The highest BCUT2D eigenvalue weighted by Gasteiger charge is 2.19. The zero-order chi connectivity index (χ0) is 17.9. The molecule has 0 saturated heterocycles. The maximum atomic E-state index is 12.6. The fourth-order valence-corrected chi connectivity index (χ4v) is 3.11. The molecule has 2 rings (SSSR count). The van der Waals surface area contributed by atoms with E-state index in [4.69, 9.17) is 0 Å². The largest absolute Gasteiger partial charge is 0.347 e. The normalized spacial score (nSPS) is 11.0. The van der Waals surface area contributed by atoms with E-state index in [1.54, 1.807) is 30.3 Å². The smallest absolute Gasteiger partial charge is 0.256 e. The number of carbonyl (C=O) groups is 2. The molecule has 0 aliphatic heterocycles. The molecule has 0 spiro atoms. The van der Waals surface area contributed by atoms with Crippen LogP contribution in [0.3, 0.4) is 0 Å². The molecule has 0 saturated carbocycles. The maximum Gasteiger partial charge on any atom is 0.256 e. The Morgan fingerprint density at radius 2 is 1.62 bits per heavy atom. The molecule has 0 aromatic heterocycles. The molecule has 2 aromatic carbocycles. The van der Waals surface area contributed by atoms with Crippen molar-refractivity contribution in [1.29, 1.82) is 0 Å². The van der Waals surface area contributed by atoms with Gasteiger partial charge in [0.2, 0.25) is 0 Å². The van der Waals surface area contributed by atoms with Crippen molar-refractivity contribution in [1.82, 2.24) is 5.32 Å². The first-order valence-corrected chi connectivity index (χ1v) is 8.74. The summed E-state index contributed by atoms with van der Waals surface area (Å²) in [5, 5.41) is 5.77. The summed E-state index contributed by atoms with van der Waals surface area (Å²) in [4.78, 5) is 25.0. The number of anilines is 1. The summed E-state index contributed by atoms with van der Waals surface area (Å²) < 4.78 is 0.877. The van der Waals surface area contributed by atoms with E-state index in [0.29, 0.717) is 16.8 Å². The monoisotopic (exact) mass is 436 g/mol. The Labute approximate surface area is 156 Å². The molecule has 126 valence electrons. The van der Waals surface area contributed by atoms with Gasteiger partial charge in [-0.2, -0.15) is 0 Å². The highest BCUT2D eigenvalue weighted by molar-refractivity contribution is 14.1. The lowest BCUT2D eigenvalue weighted by atomic mass is 10.1. The minimum Gasteiger partial charge on any atom is -0.347 e. The molecule has 0 aliphatic carbocycles. The molecule has 2 amide bonds. The molecule has 0 unspecified atom stereocenters. The van der Waals surface area contributed by atoms with Crippen LogP contribution in [0, 0.1) is 10.5 Å². The average molecular weight is 436 g/mol. The number of hydrogen-bond donors (Lipinski definition) is 2. The SMILES string of the molecule is Cc1ccc(C(=O)Nc2ccccc2C(=O)NC(C)(C)C)c(I)c1. The minimum absolute atomic E-state index is 0.211. The molecule has 5 heteroatoms. The Morgan fingerprint density at radius 3 is 2.25 bits per heavy atom. The van der Waals surface area contributed by atoms with Crippen LogP contribution in [0.15, 0.2) is 42.5 Å². The van der Waals surface area contributed by atoms with Crippen LogP contribution in [0.5, 0.6) is 0 Å². The summed E-state index contributed by atoms with van der Waals surface area (Å²) in [6.07, 6.45) is 0. The second kappa shape index (κ2) is 7.34. The van der Waals surface area contributed by atoms with Crippen molar-refractivity contribution >= 4 is 40.1 Å². The van der Waals surface area contributed by atoms with Crippen LogP contribution in [0.4, 0.5) is 5.69 Å². The predicted molar refractivity (Wildman–Crippen MR) is 106 cm³/mol. The van der Waals surface area contributed by atoms with E-state index < -0.39 is 0 Å². The van der Waals surface area contributed by atoms with Crippen LogP contribution < -0.4 is 10.6 Å². The first-order chi connectivity index (χ1) is 11.2. The van der Waals surface area contributed by atoms with Gasteiger partial charge in [-0.05, 0) is 74.6 Å². The third kappa shape index (κ3) is 4.80. The average Bonchev–Trinajstić information content (AvgIpc) is 2.45. The van der Waals surface area contributed by atoms with E-state index >= 15 is 0 Å². The highest BCUT2D eigenvalue weighted by atomic mass is 127. The lowest BCUT2D eigenvalue weighted by Gasteiger charge is -2.21. The molecule has 2 N–H and O–H groups in total. The van der Waals surface area contributed by atoms with Gasteiger partial charge in [0.1, 0.15) is 0 Å². The number of amides is 2. The molecule has 4 nitrogen and oxygen atoms in total. The van der Waals surface area contributed by atoms with Crippen LogP contribution in [0.2, 0.25) is 0 Å². The number of benzene rings is 2. The Bertz CT molecular complexity index is 779. The van der Waals surface area contributed by atoms with Crippen molar-refractivity contribution in [3.63, 3.8) is 0 Å². The van der Waals surface area contributed by atoms with E-state index in [0.717, 1.165) is 9.13 Å². The van der Waals surface area contributed by atoms with Crippen LogP contribution in [0.25, 0.3) is 0 Å². The Morgan fingerprint density at radius 1 is 0.958 bits per heavy atom. The summed E-state index contributed by atoms with van der Waals surface area (Å²) in [6.45, 7) is 7.73. The fourth-order valence-electron chi connectivity index (χ4n) is 2.19. The summed E-state index contributed by atoms with van der Waals surface area (Å²) in [7, 11) is 0. The summed E-state index contributed by atoms with van der Waals surface area (Å²) in [5.41, 5.74) is 2.29. The van der Waals surface area contributed by atoms with Crippen LogP contribution >= 0.6 is 22.6 Å². The van der Waals surface area contributed by atoms with Gasteiger partial charge >= 0.3 is 0 Å². The van der Waals surface area contributed by atoms with E-state index in [1.165, 1.54) is 0 Å². The number of nitrogens with one attached hydrogen (secondary N) is 2. The summed E-state index contributed by atoms with van der Waals surface area (Å²) in [6, 6.07) is 12.7. The van der Waals surface area contributed by atoms with Crippen molar-refractivity contribution < 1.29 is 9.59 Å². The standard InChI is InChI=1S/C19H21IN2O2/c1-12-9-10-13(15(20)11-12)17(23)21-16-8-6-5-7-14(16)18(24)22-19(2,3)4/h5-11H,1-4H3,(H,21,23)(H,22,24). The Hall–Kier alpha value is -1.89. The molecule has 0 aliphatic rings. The molecule has 2 aromatic rings. The van der Waals surface area contributed by atoms with Gasteiger partial charge in [0, 0.05) is 9.11 Å². The summed E-state index contributed by atoms with van der Waals surface area (Å²) >= 11 is 2.14. The molecule has 0 bridgehead atoms. The van der Waals surface area contributed by atoms with E-state index in [-0.39, 0.29) is 17.4 Å². The van der Waals surface area contributed by atoms with Gasteiger partial charge in [-0.1, -0.05) is 23.8 Å². The van der Waals surface area contributed by atoms with Crippen molar-refractivity contribution in [2.24, 2.45) is 0 Å². The molecule has 0 heterocycles. The predicted octanol–water partition coefficient (Wildman–Crippen LogP) is 4.38. The second-order valence-corrected chi connectivity index (χ2v) is 7.85. The minimum atomic E-state index is -0.347. The van der Waals surface area contributed by atoms with Crippen LogP contribution in [-0.4, -0.2) is 17.4 Å². The lowest BCUT2D eigenvalue weighted by Crippen LogP contribution is -2.40. The first kappa shape index (κ1) is 18.4. The number of halogens is 1. The number of rotatable bonds is 3. The topological polar surface area (TPSA) is 58.2 Å². The molecular weight excluding hydrogens is 415 g/mol.